The van der Waals surface area contributed by atoms with Crippen LogP contribution in [0.25, 0.3) is 0 Å². The molecule has 1 aliphatic carbocycles. The molecule has 0 radical (unpaired) electrons. The molecule has 0 amide bonds. The summed E-state index contributed by atoms with van der Waals surface area (Å²) in [6.45, 7) is 6.69. The van der Waals surface area contributed by atoms with Gasteiger partial charge in [0.25, 0.3) is 0 Å². The van der Waals surface area contributed by atoms with Gasteiger partial charge in [0.2, 0.25) is 0 Å². The van der Waals surface area contributed by atoms with E-state index in [1.165, 1.54) is 11.1 Å². The summed E-state index contributed by atoms with van der Waals surface area (Å²) in [6.07, 6.45) is 2.24. The fourth-order valence-electron chi connectivity index (χ4n) is 2.92. The first-order valence-electron chi connectivity index (χ1n) is 6.71. The highest BCUT2D eigenvalue weighted by molar-refractivity contribution is 5.49. The van der Waals surface area contributed by atoms with Crippen LogP contribution in [0.2, 0.25) is 0 Å². The number of likely N-dealkylation sites (N-methyl/N-ethyl adjacent to an activating group) is 1. The Labute approximate surface area is 110 Å². The van der Waals surface area contributed by atoms with Gasteiger partial charge in [-0.15, -0.1) is 0 Å². The average molecular weight is 249 g/mol. The topological polar surface area (TPSA) is 21.7 Å². The predicted molar refractivity (Wildman–Crippen MR) is 73.7 cm³/mol. The van der Waals surface area contributed by atoms with E-state index in [0.29, 0.717) is 6.04 Å². The van der Waals surface area contributed by atoms with E-state index < -0.39 is 0 Å². The Bertz CT molecular complexity index is 380. The van der Waals surface area contributed by atoms with Crippen molar-refractivity contribution in [2.24, 2.45) is 0 Å². The lowest BCUT2D eigenvalue weighted by Gasteiger charge is -2.25. The molecule has 0 atom stereocenters. The van der Waals surface area contributed by atoms with Crippen LogP contribution in [0, 0.1) is 0 Å². The molecule has 0 saturated carbocycles. The van der Waals surface area contributed by atoms with Crippen LogP contribution in [0.3, 0.4) is 0 Å². The SMILES string of the molecule is CCN(CC)C1Cc2cc(OC)c(OC)cc2C1. The molecule has 0 heterocycles. The lowest BCUT2D eigenvalue weighted by molar-refractivity contribution is 0.223. The molecule has 0 spiro atoms. The Balaban J connectivity index is 2.24. The van der Waals surface area contributed by atoms with Gasteiger partial charge in [-0.3, -0.25) is 0 Å². The van der Waals surface area contributed by atoms with Gasteiger partial charge in [0.05, 0.1) is 14.2 Å². The van der Waals surface area contributed by atoms with Crippen LogP contribution in [0.5, 0.6) is 11.5 Å². The zero-order chi connectivity index (χ0) is 13.1. The lowest BCUT2D eigenvalue weighted by atomic mass is 10.1. The van der Waals surface area contributed by atoms with Crippen molar-refractivity contribution in [3.63, 3.8) is 0 Å². The highest BCUT2D eigenvalue weighted by Gasteiger charge is 2.26. The number of hydrogen-bond donors (Lipinski definition) is 0. The first-order chi connectivity index (χ1) is 8.73. The van der Waals surface area contributed by atoms with E-state index in [1.54, 1.807) is 14.2 Å². The average Bonchev–Trinajstić information content (AvgIpc) is 2.80. The molecule has 0 bridgehead atoms. The molecule has 0 aromatic heterocycles. The summed E-state index contributed by atoms with van der Waals surface area (Å²) in [5, 5.41) is 0. The van der Waals surface area contributed by atoms with Crippen LogP contribution < -0.4 is 9.47 Å². The van der Waals surface area contributed by atoms with Gasteiger partial charge in [0.15, 0.2) is 11.5 Å². The van der Waals surface area contributed by atoms with Crippen molar-refractivity contribution in [1.82, 2.24) is 4.90 Å². The number of methoxy groups -OCH3 is 2. The molecule has 1 aromatic rings. The fourth-order valence-corrected chi connectivity index (χ4v) is 2.92. The zero-order valence-electron chi connectivity index (χ0n) is 11.8. The van der Waals surface area contributed by atoms with E-state index in [2.05, 4.69) is 30.9 Å². The Kier molecular flexibility index (Phi) is 4.12. The molecule has 0 unspecified atom stereocenters. The first kappa shape index (κ1) is 13.2. The summed E-state index contributed by atoms with van der Waals surface area (Å²) in [5.41, 5.74) is 2.81. The molecule has 0 fully saturated rings. The van der Waals surface area contributed by atoms with Crippen LogP contribution in [0.4, 0.5) is 0 Å². The highest BCUT2D eigenvalue weighted by atomic mass is 16.5. The molecular formula is C15H23NO2. The number of hydrogen-bond acceptors (Lipinski definition) is 3. The fraction of sp³-hybridized carbons (Fsp3) is 0.600. The van der Waals surface area contributed by atoms with Gasteiger partial charge < -0.3 is 14.4 Å². The summed E-state index contributed by atoms with van der Waals surface area (Å²) in [5.74, 6) is 1.69. The molecule has 2 rings (SSSR count). The molecule has 3 heteroatoms. The second-order valence-electron chi connectivity index (χ2n) is 4.76. The zero-order valence-corrected chi connectivity index (χ0v) is 11.8. The number of benzene rings is 1. The summed E-state index contributed by atoms with van der Waals surface area (Å²) < 4.78 is 10.7. The van der Waals surface area contributed by atoms with Gasteiger partial charge in [-0.25, -0.2) is 0 Å². The van der Waals surface area contributed by atoms with Crippen molar-refractivity contribution in [2.75, 3.05) is 27.3 Å². The number of rotatable bonds is 5. The van der Waals surface area contributed by atoms with Crippen LogP contribution in [-0.2, 0) is 12.8 Å². The maximum atomic E-state index is 5.37. The molecule has 0 aliphatic heterocycles. The molecule has 3 nitrogen and oxygen atoms in total. The second-order valence-corrected chi connectivity index (χ2v) is 4.76. The van der Waals surface area contributed by atoms with E-state index in [1.807, 2.05) is 0 Å². The monoisotopic (exact) mass is 249 g/mol. The van der Waals surface area contributed by atoms with E-state index in [9.17, 15) is 0 Å². The van der Waals surface area contributed by atoms with Crippen molar-refractivity contribution in [2.45, 2.75) is 32.7 Å². The number of nitrogens with zero attached hydrogens (tertiary/aromatic N) is 1. The van der Waals surface area contributed by atoms with Crippen LogP contribution >= 0.6 is 0 Å². The summed E-state index contributed by atoms with van der Waals surface area (Å²) in [7, 11) is 3.39. The van der Waals surface area contributed by atoms with Crippen molar-refractivity contribution < 1.29 is 9.47 Å². The van der Waals surface area contributed by atoms with E-state index in [4.69, 9.17) is 9.47 Å². The minimum atomic E-state index is 0.631. The first-order valence-corrected chi connectivity index (χ1v) is 6.71. The quantitative estimate of drug-likeness (QED) is 0.800. The summed E-state index contributed by atoms with van der Waals surface area (Å²) in [6, 6.07) is 4.90. The second kappa shape index (κ2) is 5.61. The standard InChI is InChI=1S/C15H23NO2/c1-5-16(6-2)13-7-11-9-14(17-3)15(18-4)10-12(11)8-13/h9-10,13H,5-8H2,1-4H3. The van der Waals surface area contributed by atoms with Gasteiger partial charge in [0.1, 0.15) is 0 Å². The predicted octanol–water partition coefficient (Wildman–Crippen LogP) is 2.51. The Hall–Kier alpha value is -1.22. The van der Waals surface area contributed by atoms with Gasteiger partial charge in [-0.1, -0.05) is 13.8 Å². The molecule has 1 aliphatic rings. The van der Waals surface area contributed by atoms with Gasteiger partial charge in [-0.2, -0.15) is 0 Å². The van der Waals surface area contributed by atoms with Crippen LogP contribution in [-0.4, -0.2) is 38.3 Å². The van der Waals surface area contributed by atoms with Crippen LogP contribution in [0.15, 0.2) is 12.1 Å². The summed E-state index contributed by atoms with van der Waals surface area (Å²) in [4.78, 5) is 2.53. The van der Waals surface area contributed by atoms with Crippen molar-refractivity contribution >= 4 is 0 Å². The Morgan fingerprint density at radius 1 is 1.00 bits per heavy atom. The summed E-state index contributed by atoms with van der Waals surface area (Å²) >= 11 is 0. The third kappa shape index (κ3) is 2.32. The molecule has 0 N–H and O–H groups in total. The van der Waals surface area contributed by atoms with Crippen molar-refractivity contribution in [3.8, 4) is 11.5 Å². The molecule has 1 aromatic carbocycles. The molecule has 0 saturated heterocycles. The minimum Gasteiger partial charge on any atom is -0.493 e. The van der Waals surface area contributed by atoms with E-state index >= 15 is 0 Å². The number of fused-ring (bicyclic) bond motifs is 1. The Morgan fingerprint density at radius 2 is 1.44 bits per heavy atom. The van der Waals surface area contributed by atoms with Gasteiger partial charge in [0, 0.05) is 6.04 Å². The lowest BCUT2D eigenvalue weighted by Crippen LogP contribution is -2.35. The van der Waals surface area contributed by atoms with E-state index in [0.717, 1.165) is 37.4 Å². The number of ether oxygens (including phenoxy) is 2. The third-order valence-corrected chi connectivity index (χ3v) is 3.95. The third-order valence-electron chi connectivity index (χ3n) is 3.95. The Morgan fingerprint density at radius 3 is 1.78 bits per heavy atom. The smallest absolute Gasteiger partial charge is 0.161 e. The van der Waals surface area contributed by atoms with Crippen molar-refractivity contribution in [3.05, 3.63) is 23.3 Å². The largest absolute Gasteiger partial charge is 0.493 e. The normalized spacial score (nSPS) is 14.9. The minimum absolute atomic E-state index is 0.631. The van der Waals surface area contributed by atoms with Gasteiger partial charge in [-0.05, 0) is 49.2 Å². The van der Waals surface area contributed by atoms with Crippen LogP contribution in [0.1, 0.15) is 25.0 Å². The molecule has 100 valence electrons. The molecular weight excluding hydrogens is 226 g/mol. The van der Waals surface area contributed by atoms with E-state index in [-0.39, 0.29) is 0 Å². The van der Waals surface area contributed by atoms with Crippen molar-refractivity contribution in [1.29, 1.82) is 0 Å². The maximum Gasteiger partial charge on any atom is 0.161 e. The van der Waals surface area contributed by atoms with Gasteiger partial charge >= 0.3 is 0 Å². The maximum absolute atomic E-state index is 5.37. The molecule has 18 heavy (non-hydrogen) atoms. The highest BCUT2D eigenvalue weighted by Crippen LogP contribution is 2.35.